The fourth-order valence-corrected chi connectivity index (χ4v) is 7.11. The van der Waals surface area contributed by atoms with E-state index in [4.69, 9.17) is 4.74 Å². The first-order valence-electron chi connectivity index (χ1n) is 11.8. The SMILES string of the molecule is C=CCN1CC[C@@]2(c3cccc(O)c3)C[C@H](NC(=O)C=Cc3cc(Br)cs3)CC[C@]2(OC(C)=O)C1. The highest BCUT2D eigenvalue weighted by Gasteiger charge is 2.60. The molecule has 3 atom stereocenters. The van der Waals surface area contributed by atoms with Gasteiger partial charge in [-0.25, -0.2) is 0 Å². The zero-order chi connectivity index (χ0) is 25.1. The van der Waals surface area contributed by atoms with Crippen molar-refractivity contribution in [1.29, 1.82) is 0 Å². The summed E-state index contributed by atoms with van der Waals surface area (Å²) in [6.45, 7) is 7.43. The van der Waals surface area contributed by atoms with Gasteiger partial charge in [-0.2, -0.15) is 0 Å². The lowest BCUT2D eigenvalue weighted by Gasteiger charge is -2.59. The minimum absolute atomic E-state index is 0.0841. The second kappa shape index (κ2) is 10.7. The highest BCUT2D eigenvalue weighted by Crippen LogP contribution is 2.54. The van der Waals surface area contributed by atoms with Gasteiger partial charge in [-0.3, -0.25) is 14.5 Å². The molecule has 4 rings (SSSR count). The molecule has 1 aliphatic carbocycles. The smallest absolute Gasteiger partial charge is 0.303 e. The maximum atomic E-state index is 12.8. The standard InChI is InChI=1S/C27H31BrN2O4S/c1-3-12-30-13-11-26(20-5-4-6-23(32)14-20)16-22(9-10-27(26,18-30)34-19(2)31)29-25(33)8-7-24-15-21(28)17-35-24/h3-8,14-15,17,22,32H,1,9-13,16,18H2,2H3,(H,29,33)/t22-,26+,27+/m1/s1. The van der Waals surface area contributed by atoms with E-state index in [0.717, 1.165) is 27.9 Å². The summed E-state index contributed by atoms with van der Waals surface area (Å²) in [6.07, 6.45) is 7.92. The van der Waals surface area contributed by atoms with Crippen LogP contribution in [0.25, 0.3) is 6.08 Å². The number of likely N-dealkylation sites (tertiary alicyclic amines) is 1. The number of phenols is 1. The number of rotatable bonds is 7. The summed E-state index contributed by atoms with van der Waals surface area (Å²) in [4.78, 5) is 28.4. The van der Waals surface area contributed by atoms with Crippen molar-refractivity contribution in [2.45, 2.75) is 49.7 Å². The molecule has 1 amide bonds. The zero-order valence-electron chi connectivity index (χ0n) is 19.8. The van der Waals surface area contributed by atoms with Gasteiger partial charge in [-0.15, -0.1) is 17.9 Å². The molecule has 0 unspecified atom stereocenters. The van der Waals surface area contributed by atoms with Crippen molar-refractivity contribution < 1.29 is 19.4 Å². The number of fused-ring (bicyclic) bond motifs is 1. The molecule has 6 nitrogen and oxygen atoms in total. The fraction of sp³-hybridized carbons (Fsp3) is 0.407. The average molecular weight is 560 g/mol. The van der Waals surface area contributed by atoms with Crippen LogP contribution in [0.15, 0.2) is 58.9 Å². The molecule has 35 heavy (non-hydrogen) atoms. The molecule has 1 aromatic carbocycles. The highest BCUT2D eigenvalue weighted by molar-refractivity contribution is 9.10. The van der Waals surface area contributed by atoms with Gasteiger partial charge in [0.1, 0.15) is 11.4 Å². The van der Waals surface area contributed by atoms with Gasteiger partial charge in [0.25, 0.3) is 0 Å². The number of halogens is 1. The molecular weight excluding hydrogens is 528 g/mol. The van der Waals surface area contributed by atoms with E-state index in [2.05, 4.69) is 32.7 Å². The number of carbonyl (C=O) groups excluding carboxylic acids is 2. The molecule has 2 aliphatic rings. The van der Waals surface area contributed by atoms with E-state index in [9.17, 15) is 14.7 Å². The van der Waals surface area contributed by atoms with Crippen LogP contribution in [0.2, 0.25) is 0 Å². The molecule has 1 aromatic heterocycles. The average Bonchev–Trinajstić information content (AvgIpc) is 3.23. The van der Waals surface area contributed by atoms with Crippen LogP contribution in [0.5, 0.6) is 5.75 Å². The van der Waals surface area contributed by atoms with Gasteiger partial charge < -0.3 is 15.2 Å². The van der Waals surface area contributed by atoms with E-state index in [0.29, 0.717) is 32.4 Å². The number of piperidine rings is 1. The predicted molar refractivity (Wildman–Crippen MR) is 142 cm³/mol. The van der Waals surface area contributed by atoms with E-state index in [1.54, 1.807) is 29.5 Å². The number of carbonyl (C=O) groups is 2. The van der Waals surface area contributed by atoms with E-state index in [-0.39, 0.29) is 23.7 Å². The largest absolute Gasteiger partial charge is 0.508 e. The molecule has 0 bridgehead atoms. The molecule has 186 valence electrons. The number of hydrogen-bond acceptors (Lipinski definition) is 6. The van der Waals surface area contributed by atoms with Crippen molar-refractivity contribution in [2.24, 2.45) is 0 Å². The molecule has 1 saturated heterocycles. The van der Waals surface area contributed by atoms with Crippen molar-refractivity contribution in [3.63, 3.8) is 0 Å². The maximum absolute atomic E-state index is 12.8. The number of ether oxygens (including phenoxy) is 1. The number of esters is 1. The number of nitrogens with one attached hydrogen (secondary N) is 1. The molecule has 0 radical (unpaired) electrons. The Bertz CT molecular complexity index is 1130. The van der Waals surface area contributed by atoms with E-state index < -0.39 is 11.0 Å². The van der Waals surface area contributed by atoms with Crippen molar-refractivity contribution >= 4 is 45.2 Å². The zero-order valence-corrected chi connectivity index (χ0v) is 22.2. The number of aromatic hydroxyl groups is 1. The molecule has 2 N–H and O–H groups in total. The van der Waals surface area contributed by atoms with Gasteiger partial charge in [0.05, 0.1) is 0 Å². The van der Waals surface area contributed by atoms with Crippen LogP contribution >= 0.6 is 27.3 Å². The number of hydrogen-bond donors (Lipinski definition) is 2. The first-order valence-corrected chi connectivity index (χ1v) is 13.5. The van der Waals surface area contributed by atoms with Gasteiger partial charge in [-0.1, -0.05) is 18.2 Å². The molecule has 0 spiro atoms. The number of phenolic OH excluding ortho intramolecular Hbond substituents is 1. The Hall–Kier alpha value is -2.42. The van der Waals surface area contributed by atoms with Crippen molar-refractivity contribution in [3.05, 3.63) is 69.4 Å². The molecular formula is C27H31BrN2O4S. The van der Waals surface area contributed by atoms with Gasteiger partial charge in [0.15, 0.2) is 0 Å². The Morgan fingerprint density at radius 3 is 2.89 bits per heavy atom. The van der Waals surface area contributed by atoms with Crippen molar-refractivity contribution in [2.75, 3.05) is 19.6 Å². The highest BCUT2D eigenvalue weighted by atomic mass is 79.9. The van der Waals surface area contributed by atoms with Gasteiger partial charge in [-0.05, 0) is 78.0 Å². The molecule has 1 aliphatic heterocycles. The van der Waals surface area contributed by atoms with E-state index >= 15 is 0 Å². The van der Waals surface area contributed by atoms with Gasteiger partial charge in [0, 0.05) is 52.3 Å². The first-order chi connectivity index (χ1) is 16.7. The second-order valence-electron chi connectivity index (χ2n) is 9.44. The number of thiophene rings is 1. The lowest BCUT2D eigenvalue weighted by molar-refractivity contribution is -0.186. The third-order valence-corrected chi connectivity index (χ3v) is 8.81. The van der Waals surface area contributed by atoms with Crippen LogP contribution in [-0.4, -0.2) is 53.2 Å². The molecule has 8 heteroatoms. The van der Waals surface area contributed by atoms with Gasteiger partial charge in [0.2, 0.25) is 5.91 Å². The van der Waals surface area contributed by atoms with Crippen LogP contribution in [0.1, 0.15) is 43.0 Å². The third-order valence-electron chi connectivity index (χ3n) is 7.16. The Balaban J connectivity index is 1.64. The molecule has 2 heterocycles. The second-order valence-corrected chi connectivity index (χ2v) is 11.3. The van der Waals surface area contributed by atoms with Crippen molar-refractivity contribution in [1.82, 2.24) is 10.2 Å². The van der Waals surface area contributed by atoms with Crippen LogP contribution in [0.4, 0.5) is 0 Å². The summed E-state index contributed by atoms with van der Waals surface area (Å²) < 4.78 is 7.18. The predicted octanol–water partition coefficient (Wildman–Crippen LogP) is 5.03. The number of nitrogens with zero attached hydrogens (tertiary/aromatic N) is 1. The van der Waals surface area contributed by atoms with Crippen molar-refractivity contribution in [3.8, 4) is 5.75 Å². The summed E-state index contributed by atoms with van der Waals surface area (Å²) in [5, 5.41) is 15.5. The van der Waals surface area contributed by atoms with Crippen LogP contribution in [0, 0.1) is 0 Å². The van der Waals surface area contributed by atoms with Crippen LogP contribution in [0.3, 0.4) is 0 Å². The monoisotopic (exact) mass is 558 g/mol. The normalized spacial score (nSPS) is 26.7. The quantitative estimate of drug-likeness (QED) is 0.283. The number of benzene rings is 1. The Kier molecular flexibility index (Phi) is 7.83. The first kappa shape index (κ1) is 25.7. The summed E-state index contributed by atoms with van der Waals surface area (Å²) in [7, 11) is 0. The van der Waals surface area contributed by atoms with E-state index in [1.165, 1.54) is 6.92 Å². The summed E-state index contributed by atoms with van der Waals surface area (Å²) in [6, 6.07) is 9.14. The van der Waals surface area contributed by atoms with Crippen LogP contribution in [-0.2, 0) is 19.7 Å². The lowest BCUT2D eigenvalue weighted by atomic mass is 9.55. The third kappa shape index (κ3) is 5.55. The van der Waals surface area contributed by atoms with Crippen LogP contribution < -0.4 is 5.32 Å². The summed E-state index contributed by atoms with van der Waals surface area (Å²) in [5.41, 5.74) is -0.350. The Labute approximate surface area is 218 Å². The summed E-state index contributed by atoms with van der Waals surface area (Å²) in [5.74, 6) is -0.282. The maximum Gasteiger partial charge on any atom is 0.303 e. The minimum Gasteiger partial charge on any atom is -0.508 e. The fourth-order valence-electron chi connectivity index (χ4n) is 5.77. The topological polar surface area (TPSA) is 78.9 Å². The summed E-state index contributed by atoms with van der Waals surface area (Å²) >= 11 is 5.00. The van der Waals surface area contributed by atoms with Gasteiger partial charge >= 0.3 is 5.97 Å². The Morgan fingerprint density at radius 2 is 2.20 bits per heavy atom. The lowest BCUT2D eigenvalue weighted by Crippen LogP contribution is -2.68. The van der Waals surface area contributed by atoms with E-state index in [1.807, 2.05) is 35.7 Å². The molecule has 1 saturated carbocycles. The molecule has 2 aromatic rings. The number of amides is 1. The Morgan fingerprint density at radius 1 is 1.37 bits per heavy atom. The molecule has 2 fully saturated rings. The minimum atomic E-state index is -0.756.